The second-order valence-electron chi connectivity index (χ2n) is 6.14. The zero-order valence-corrected chi connectivity index (χ0v) is 15.4. The van der Waals surface area contributed by atoms with E-state index in [1.54, 1.807) is 13.8 Å². The molecule has 0 radical (unpaired) electrons. The molecule has 0 spiro atoms. The van der Waals surface area contributed by atoms with Gasteiger partial charge in [-0.3, -0.25) is 4.90 Å². The van der Waals surface area contributed by atoms with E-state index in [4.69, 9.17) is 9.47 Å². The van der Waals surface area contributed by atoms with Crippen molar-refractivity contribution in [2.24, 2.45) is 5.92 Å². The molecule has 0 bridgehead atoms. The highest BCUT2D eigenvalue weighted by atomic mass is 16.6. The van der Waals surface area contributed by atoms with Crippen LogP contribution in [0.5, 0.6) is 0 Å². The second-order valence-corrected chi connectivity index (χ2v) is 6.14. The van der Waals surface area contributed by atoms with E-state index >= 15 is 0 Å². The van der Waals surface area contributed by atoms with Crippen LogP contribution < -0.4 is 0 Å². The summed E-state index contributed by atoms with van der Waals surface area (Å²) in [6, 6.07) is 7.17. The Kier molecular flexibility index (Phi) is 8.30. The van der Waals surface area contributed by atoms with Crippen LogP contribution in [0.15, 0.2) is 24.3 Å². The van der Waals surface area contributed by atoms with Gasteiger partial charge in [0.2, 0.25) is 0 Å². The molecular weight excluding hydrogens is 306 g/mol. The number of carbonyl (C=O) groups excluding carboxylic acids is 2. The largest absolute Gasteiger partial charge is 0.464 e. The molecule has 0 saturated heterocycles. The van der Waals surface area contributed by atoms with Gasteiger partial charge in [-0.2, -0.15) is 0 Å². The molecule has 0 aliphatic carbocycles. The number of aryl methyl sites for hydroxylation is 1. The Morgan fingerprint density at radius 1 is 1.08 bits per heavy atom. The molecular formula is C19H29NO4. The van der Waals surface area contributed by atoms with Gasteiger partial charge in [-0.1, -0.05) is 38.1 Å². The van der Waals surface area contributed by atoms with Crippen molar-refractivity contribution < 1.29 is 19.1 Å². The molecule has 1 unspecified atom stereocenters. The molecule has 1 aromatic rings. The van der Waals surface area contributed by atoms with E-state index in [-0.39, 0.29) is 19.1 Å². The molecule has 5 heteroatoms. The summed E-state index contributed by atoms with van der Waals surface area (Å²) in [5, 5.41) is 0. The lowest BCUT2D eigenvalue weighted by Gasteiger charge is -2.31. The molecule has 0 aliphatic rings. The van der Waals surface area contributed by atoms with Gasteiger partial charge in [0, 0.05) is 13.0 Å². The van der Waals surface area contributed by atoms with Gasteiger partial charge in [0.15, 0.2) is 0 Å². The third-order valence-corrected chi connectivity index (χ3v) is 3.67. The molecule has 0 N–H and O–H groups in total. The lowest BCUT2D eigenvalue weighted by atomic mass is 9.99. The third-order valence-electron chi connectivity index (χ3n) is 3.67. The molecule has 0 aliphatic heterocycles. The van der Waals surface area contributed by atoms with Crippen LogP contribution in [0.2, 0.25) is 0 Å². The first-order valence-electron chi connectivity index (χ1n) is 8.55. The molecule has 0 heterocycles. The molecule has 1 atom stereocenters. The first-order valence-corrected chi connectivity index (χ1v) is 8.55. The Labute approximate surface area is 144 Å². The predicted octanol–water partition coefficient (Wildman–Crippen LogP) is 3.58. The summed E-state index contributed by atoms with van der Waals surface area (Å²) in [5.74, 6) is -0.183. The minimum Gasteiger partial charge on any atom is -0.464 e. The summed E-state index contributed by atoms with van der Waals surface area (Å²) < 4.78 is 10.4. The lowest BCUT2D eigenvalue weighted by molar-refractivity contribution is -0.149. The summed E-state index contributed by atoms with van der Waals surface area (Å²) in [5.41, 5.74) is 2.11. The maximum atomic E-state index is 12.5. The maximum Gasteiger partial charge on any atom is 0.410 e. The summed E-state index contributed by atoms with van der Waals surface area (Å²) in [4.78, 5) is 26.4. The van der Waals surface area contributed by atoms with Crippen molar-refractivity contribution in [1.29, 1.82) is 0 Å². The normalized spacial score (nSPS) is 11.9. The number of carbonyl (C=O) groups is 2. The van der Waals surface area contributed by atoms with E-state index in [2.05, 4.69) is 0 Å². The highest BCUT2D eigenvalue weighted by molar-refractivity contribution is 5.82. The van der Waals surface area contributed by atoms with Crippen LogP contribution >= 0.6 is 0 Å². The number of rotatable bonds is 8. The van der Waals surface area contributed by atoms with E-state index in [0.29, 0.717) is 13.0 Å². The van der Waals surface area contributed by atoms with Gasteiger partial charge in [0.25, 0.3) is 0 Å². The Morgan fingerprint density at radius 3 is 2.25 bits per heavy atom. The fourth-order valence-electron chi connectivity index (χ4n) is 2.54. The number of ether oxygens (including phenoxy) is 2. The van der Waals surface area contributed by atoms with Crippen LogP contribution in [0.1, 0.15) is 38.8 Å². The summed E-state index contributed by atoms with van der Waals surface area (Å²) >= 11 is 0. The van der Waals surface area contributed by atoms with Crippen molar-refractivity contribution in [3.05, 3.63) is 35.4 Å². The van der Waals surface area contributed by atoms with Gasteiger partial charge >= 0.3 is 12.1 Å². The minimum atomic E-state index is -0.688. The number of esters is 1. The molecule has 1 amide bonds. The van der Waals surface area contributed by atoms with Gasteiger partial charge in [-0.25, -0.2) is 9.59 Å². The van der Waals surface area contributed by atoms with Crippen LogP contribution in [0.3, 0.4) is 0 Å². The Balaban J connectivity index is 3.14. The van der Waals surface area contributed by atoms with Crippen molar-refractivity contribution in [3.8, 4) is 0 Å². The van der Waals surface area contributed by atoms with Gasteiger partial charge < -0.3 is 9.47 Å². The van der Waals surface area contributed by atoms with E-state index in [1.165, 1.54) is 4.90 Å². The highest BCUT2D eigenvalue weighted by Crippen LogP contribution is 2.17. The Morgan fingerprint density at radius 2 is 1.71 bits per heavy atom. The summed E-state index contributed by atoms with van der Waals surface area (Å²) in [7, 11) is 0. The standard InChI is InChI=1S/C19H29NO4/c1-6-23-18(21)17(12-16-11-9-8-10-15(16)5)20(13-14(3)4)19(22)24-7-2/h8-11,14,17H,6-7,12-13H2,1-5H3. The third kappa shape index (κ3) is 5.87. The number of hydrogen-bond donors (Lipinski definition) is 0. The molecule has 1 rings (SSSR count). The molecule has 1 aromatic carbocycles. The SMILES string of the molecule is CCOC(=O)C(Cc1ccccc1C)N(CC(C)C)C(=O)OCC. The number of benzene rings is 1. The summed E-state index contributed by atoms with van der Waals surface area (Å²) in [6.07, 6.45) is -0.0605. The fraction of sp³-hybridized carbons (Fsp3) is 0.579. The molecule has 0 saturated carbocycles. The van der Waals surface area contributed by atoms with Gasteiger partial charge in [-0.15, -0.1) is 0 Å². The Hall–Kier alpha value is -2.04. The van der Waals surface area contributed by atoms with Crippen molar-refractivity contribution in [1.82, 2.24) is 4.90 Å². The van der Waals surface area contributed by atoms with Crippen molar-refractivity contribution in [3.63, 3.8) is 0 Å². The van der Waals surface area contributed by atoms with E-state index in [1.807, 2.05) is 45.0 Å². The summed E-state index contributed by atoms with van der Waals surface area (Å²) in [6.45, 7) is 10.5. The molecule has 5 nitrogen and oxygen atoms in total. The monoisotopic (exact) mass is 335 g/mol. The zero-order chi connectivity index (χ0) is 18.1. The van der Waals surface area contributed by atoms with Gasteiger partial charge in [-0.05, 0) is 37.8 Å². The van der Waals surface area contributed by atoms with Crippen molar-refractivity contribution >= 4 is 12.1 Å². The van der Waals surface area contributed by atoms with Crippen molar-refractivity contribution in [2.45, 2.75) is 47.1 Å². The van der Waals surface area contributed by atoms with Crippen LogP contribution in [0.25, 0.3) is 0 Å². The first-order chi connectivity index (χ1) is 11.4. The van der Waals surface area contributed by atoms with E-state index in [9.17, 15) is 9.59 Å². The first kappa shape index (κ1) is 20.0. The number of hydrogen-bond acceptors (Lipinski definition) is 4. The van der Waals surface area contributed by atoms with E-state index in [0.717, 1.165) is 11.1 Å². The van der Waals surface area contributed by atoms with Crippen LogP contribution in [0, 0.1) is 12.8 Å². The van der Waals surface area contributed by atoms with Crippen LogP contribution in [-0.4, -0.2) is 42.8 Å². The predicted molar refractivity (Wildman–Crippen MR) is 93.9 cm³/mol. The molecule has 0 aromatic heterocycles. The fourth-order valence-corrected chi connectivity index (χ4v) is 2.54. The maximum absolute atomic E-state index is 12.5. The number of nitrogens with zero attached hydrogens (tertiary/aromatic N) is 1. The molecule has 24 heavy (non-hydrogen) atoms. The number of amides is 1. The topological polar surface area (TPSA) is 55.8 Å². The zero-order valence-electron chi connectivity index (χ0n) is 15.4. The smallest absolute Gasteiger partial charge is 0.410 e. The quantitative estimate of drug-likeness (QED) is 0.681. The van der Waals surface area contributed by atoms with Gasteiger partial charge in [0.1, 0.15) is 6.04 Å². The second kappa shape index (κ2) is 9.96. The van der Waals surface area contributed by atoms with Crippen LogP contribution in [-0.2, 0) is 20.7 Å². The van der Waals surface area contributed by atoms with Crippen molar-refractivity contribution in [2.75, 3.05) is 19.8 Å². The molecule has 134 valence electrons. The Bertz CT molecular complexity index is 542. The lowest BCUT2D eigenvalue weighted by Crippen LogP contribution is -2.49. The highest BCUT2D eigenvalue weighted by Gasteiger charge is 2.32. The average molecular weight is 335 g/mol. The van der Waals surface area contributed by atoms with Gasteiger partial charge in [0.05, 0.1) is 13.2 Å². The van der Waals surface area contributed by atoms with E-state index < -0.39 is 18.1 Å². The molecule has 0 fully saturated rings. The average Bonchev–Trinajstić information content (AvgIpc) is 2.52. The van der Waals surface area contributed by atoms with Crippen LogP contribution in [0.4, 0.5) is 4.79 Å². The minimum absolute atomic E-state index is 0.211.